The lowest BCUT2D eigenvalue weighted by molar-refractivity contribution is -0.270. The average molecular weight is 439 g/mol. The summed E-state index contributed by atoms with van der Waals surface area (Å²) in [5.74, 6) is -2.09. The summed E-state index contributed by atoms with van der Waals surface area (Å²) < 4.78 is 41.9. The van der Waals surface area contributed by atoms with Crippen LogP contribution in [-0.2, 0) is 28.8 Å². The number of hydrogen-bond acceptors (Lipinski definition) is 5. The van der Waals surface area contributed by atoms with Crippen molar-refractivity contribution < 1.29 is 27.9 Å². The summed E-state index contributed by atoms with van der Waals surface area (Å²) >= 11 is 0. The molecule has 31 heavy (non-hydrogen) atoms. The summed E-state index contributed by atoms with van der Waals surface area (Å²) in [6.07, 6.45) is -2.47. The molecule has 0 aliphatic carbocycles. The standard InChI is InChI=1S/C20H24F3N5O3/c1-27-9-7-25-18(27)19(31,20(21,22)23)11-16(29)26-14-5-2-4-13(10-14)12-28-8-3-6-15(28)17(24)30/h2,4-5,7,9-10,15,31H,3,6,8,11-12H2,1H3,(H2,24,30)(H,26,29). The van der Waals surface area contributed by atoms with Gasteiger partial charge in [-0.3, -0.25) is 14.5 Å². The van der Waals surface area contributed by atoms with Crippen LogP contribution in [0.3, 0.4) is 0 Å². The zero-order chi connectivity index (χ0) is 22.8. The number of carbonyl (C=O) groups is 2. The minimum atomic E-state index is -5.11. The molecule has 11 heteroatoms. The van der Waals surface area contributed by atoms with Crippen LogP contribution in [0, 0.1) is 0 Å². The Kier molecular flexibility index (Phi) is 6.37. The van der Waals surface area contributed by atoms with E-state index in [2.05, 4.69) is 10.3 Å². The quantitative estimate of drug-likeness (QED) is 0.607. The van der Waals surface area contributed by atoms with Crippen molar-refractivity contribution in [2.45, 2.75) is 43.6 Å². The highest BCUT2D eigenvalue weighted by molar-refractivity contribution is 5.91. The number of alkyl halides is 3. The molecular weight excluding hydrogens is 415 g/mol. The Morgan fingerprint density at radius 2 is 2.10 bits per heavy atom. The number of aliphatic hydroxyl groups is 1. The average Bonchev–Trinajstić information content (AvgIpc) is 3.30. The van der Waals surface area contributed by atoms with E-state index in [1.54, 1.807) is 18.2 Å². The number of carbonyl (C=O) groups excluding carboxylic acids is 2. The van der Waals surface area contributed by atoms with Gasteiger partial charge in [0.2, 0.25) is 17.4 Å². The number of halogens is 3. The third-order valence-electron chi connectivity index (χ3n) is 5.36. The Morgan fingerprint density at radius 3 is 2.71 bits per heavy atom. The van der Waals surface area contributed by atoms with E-state index < -0.39 is 35.8 Å². The maximum absolute atomic E-state index is 13.6. The maximum atomic E-state index is 13.6. The number of amides is 2. The molecule has 2 atom stereocenters. The second-order valence-corrected chi connectivity index (χ2v) is 7.68. The number of aryl methyl sites for hydroxylation is 1. The topological polar surface area (TPSA) is 113 Å². The van der Waals surface area contributed by atoms with Crippen LogP contribution < -0.4 is 11.1 Å². The van der Waals surface area contributed by atoms with Crippen LogP contribution in [0.25, 0.3) is 0 Å². The van der Waals surface area contributed by atoms with Gasteiger partial charge in [-0.1, -0.05) is 12.1 Å². The van der Waals surface area contributed by atoms with Gasteiger partial charge in [0.05, 0.1) is 12.5 Å². The second-order valence-electron chi connectivity index (χ2n) is 7.68. The number of imidazole rings is 1. The number of primary amides is 1. The predicted octanol–water partition coefficient (Wildman–Crippen LogP) is 1.65. The van der Waals surface area contributed by atoms with Crippen LogP contribution in [0.2, 0.25) is 0 Å². The van der Waals surface area contributed by atoms with Crippen molar-refractivity contribution in [3.05, 3.63) is 48.0 Å². The first-order chi connectivity index (χ1) is 14.5. The first kappa shape index (κ1) is 22.8. The SMILES string of the molecule is Cn1ccnc1C(O)(CC(=O)Nc1cccc(CN2CCCC2C(N)=O)c1)C(F)(F)F. The van der Waals surface area contributed by atoms with Crippen LogP contribution in [0.1, 0.15) is 30.7 Å². The Bertz CT molecular complexity index is 962. The van der Waals surface area contributed by atoms with E-state index in [4.69, 9.17) is 5.73 Å². The van der Waals surface area contributed by atoms with Gasteiger partial charge in [0, 0.05) is 31.7 Å². The molecule has 8 nitrogen and oxygen atoms in total. The summed E-state index contributed by atoms with van der Waals surface area (Å²) in [5, 5.41) is 12.7. The molecule has 1 aromatic heterocycles. The van der Waals surface area contributed by atoms with Crippen molar-refractivity contribution in [3.63, 3.8) is 0 Å². The minimum absolute atomic E-state index is 0.279. The van der Waals surface area contributed by atoms with Gasteiger partial charge in [-0.2, -0.15) is 13.2 Å². The van der Waals surface area contributed by atoms with E-state index >= 15 is 0 Å². The Morgan fingerprint density at radius 1 is 1.35 bits per heavy atom. The van der Waals surface area contributed by atoms with Crippen molar-refractivity contribution >= 4 is 17.5 Å². The summed E-state index contributed by atoms with van der Waals surface area (Å²) in [6, 6.07) is 6.21. The highest BCUT2D eigenvalue weighted by atomic mass is 19.4. The highest BCUT2D eigenvalue weighted by Crippen LogP contribution is 2.40. The van der Waals surface area contributed by atoms with Crippen molar-refractivity contribution in [1.29, 1.82) is 0 Å². The van der Waals surface area contributed by atoms with Gasteiger partial charge in [0.15, 0.2) is 5.82 Å². The molecule has 0 saturated carbocycles. The summed E-state index contributed by atoms with van der Waals surface area (Å²) in [7, 11) is 1.30. The van der Waals surface area contributed by atoms with Gasteiger partial charge in [-0.05, 0) is 37.1 Å². The molecule has 2 amide bonds. The fraction of sp³-hybridized carbons (Fsp3) is 0.450. The van der Waals surface area contributed by atoms with Gasteiger partial charge in [-0.15, -0.1) is 0 Å². The van der Waals surface area contributed by atoms with E-state index in [1.165, 1.54) is 19.3 Å². The molecule has 4 N–H and O–H groups in total. The van der Waals surface area contributed by atoms with Gasteiger partial charge in [0.1, 0.15) is 0 Å². The number of aromatic nitrogens is 2. The summed E-state index contributed by atoms with van der Waals surface area (Å²) in [6.45, 7) is 1.11. The molecule has 168 valence electrons. The largest absolute Gasteiger partial charge is 0.425 e. The Hall–Kier alpha value is -2.92. The maximum Gasteiger partial charge on any atom is 0.425 e. The zero-order valence-electron chi connectivity index (χ0n) is 16.9. The first-order valence-corrected chi connectivity index (χ1v) is 9.70. The van der Waals surface area contributed by atoms with E-state index in [0.29, 0.717) is 19.5 Å². The normalized spacial score (nSPS) is 19.2. The number of nitrogens with two attached hydrogens (primary N) is 1. The Balaban J connectivity index is 1.72. The third kappa shape index (κ3) is 4.88. The smallest absolute Gasteiger partial charge is 0.374 e. The lowest BCUT2D eigenvalue weighted by Crippen LogP contribution is -2.46. The van der Waals surface area contributed by atoms with E-state index in [1.807, 2.05) is 4.90 Å². The van der Waals surface area contributed by atoms with E-state index in [0.717, 1.165) is 22.7 Å². The molecular formula is C20H24F3N5O3. The van der Waals surface area contributed by atoms with E-state index in [-0.39, 0.29) is 11.7 Å². The highest BCUT2D eigenvalue weighted by Gasteiger charge is 2.58. The number of rotatable bonds is 7. The van der Waals surface area contributed by atoms with Crippen molar-refractivity contribution in [2.24, 2.45) is 12.8 Å². The number of likely N-dealkylation sites (tertiary alicyclic amines) is 1. The molecule has 2 unspecified atom stereocenters. The molecule has 1 saturated heterocycles. The molecule has 0 bridgehead atoms. The number of benzene rings is 1. The van der Waals surface area contributed by atoms with Gasteiger partial charge in [-0.25, -0.2) is 4.98 Å². The number of hydrogen-bond donors (Lipinski definition) is 3. The molecule has 1 aliphatic heterocycles. The number of nitrogens with zero attached hydrogens (tertiary/aromatic N) is 3. The second kappa shape index (κ2) is 8.67. The minimum Gasteiger partial charge on any atom is -0.374 e. The lowest BCUT2D eigenvalue weighted by Gasteiger charge is -2.29. The molecule has 3 rings (SSSR count). The zero-order valence-corrected chi connectivity index (χ0v) is 16.9. The lowest BCUT2D eigenvalue weighted by atomic mass is 9.97. The molecule has 1 aromatic carbocycles. The summed E-state index contributed by atoms with van der Waals surface area (Å²) in [4.78, 5) is 29.4. The van der Waals surface area contributed by atoms with Crippen molar-refractivity contribution in [3.8, 4) is 0 Å². The van der Waals surface area contributed by atoms with Gasteiger partial charge in [0.25, 0.3) is 0 Å². The molecule has 0 radical (unpaired) electrons. The van der Waals surface area contributed by atoms with Gasteiger partial charge < -0.3 is 20.7 Å². The predicted molar refractivity (Wildman–Crippen MR) is 105 cm³/mol. The fourth-order valence-corrected chi connectivity index (χ4v) is 3.83. The molecule has 0 spiro atoms. The molecule has 1 fully saturated rings. The summed E-state index contributed by atoms with van der Waals surface area (Å²) in [5.41, 5.74) is 3.03. The van der Waals surface area contributed by atoms with Crippen LogP contribution in [0.5, 0.6) is 0 Å². The molecule has 1 aliphatic rings. The third-order valence-corrected chi connectivity index (χ3v) is 5.36. The van der Waals surface area contributed by atoms with Crippen LogP contribution in [0.4, 0.5) is 18.9 Å². The fourth-order valence-electron chi connectivity index (χ4n) is 3.83. The van der Waals surface area contributed by atoms with Crippen LogP contribution in [-0.4, -0.2) is 50.1 Å². The van der Waals surface area contributed by atoms with Crippen molar-refractivity contribution in [2.75, 3.05) is 11.9 Å². The first-order valence-electron chi connectivity index (χ1n) is 9.70. The number of anilines is 1. The van der Waals surface area contributed by atoms with E-state index in [9.17, 15) is 27.9 Å². The number of nitrogens with one attached hydrogen (secondary N) is 1. The van der Waals surface area contributed by atoms with Gasteiger partial charge >= 0.3 is 6.18 Å². The molecule has 2 heterocycles. The van der Waals surface area contributed by atoms with Crippen LogP contribution in [0.15, 0.2) is 36.7 Å². The monoisotopic (exact) mass is 439 g/mol. The van der Waals surface area contributed by atoms with Crippen molar-refractivity contribution in [1.82, 2.24) is 14.5 Å². The van der Waals surface area contributed by atoms with Crippen LogP contribution >= 0.6 is 0 Å². The Labute approximate surface area is 176 Å². The molecule has 2 aromatic rings.